The van der Waals surface area contributed by atoms with Gasteiger partial charge < -0.3 is 19.9 Å². The molecule has 6 heteroatoms. The summed E-state index contributed by atoms with van der Waals surface area (Å²) in [4.78, 5) is 24.0. The largest absolute Gasteiger partial charge is 0.467 e. The Kier molecular flexibility index (Phi) is 11.0. The molecule has 0 saturated heterocycles. The standard InChI is InChI=1S/C22H33NO5/c1-4-5-6-7-11-15-22(2,26)16-14-19(20(24)27-3)23-21(25)28-17-18-12-9-8-10-13-18/h8-10,12-14,16,19,26H,4-7,11,15,17H2,1-3H3,(H,23,25). The number of ether oxygens (including phenoxy) is 2. The van der Waals surface area contributed by atoms with Gasteiger partial charge in [0.15, 0.2) is 0 Å². The number of aliphatic hydroxyl groups is 1. The molecule has 1 aromatic carbocycles. The summed E-state index contributed by atoms with van der Waals surface area (Å²) >= 11 is 0. The Balaban J connectivity index is 2.55. The van der Waals surface area contributed by atoms with Crippen molar-refractivity contribution in [3.05, 3.63) is 48.0 Å². The second-order valence-electron chi connectivity index (χ2n) is 7.09. The summed E-state index contributed by atoms with van der Waals surface area (Å²) in [5, 5.41) is 12.9. The van der Waals surface area contributed by atoms with Gasteiger partial charge in [0.2, 0.25) is 0 Å². The van der Waals surface area contributed by atoms with Gasteiger partial charge in [-0.05, 0) is 18.9 Å². The van der Waals surface area contributed by atoms with Crippen LogP contribution in [0.5, 0.6) is 0 Å². The fourth-order valence-corrected chi connectivity index (χ4v) is 2.68. The van der Waals surface area contributed by atoms with E-state index in [1.54, 1.807) is 6.92 Å². The van der Waals surface area contributed by atoms with Crippen LogP contribution in [-0.2, 0) is 20.9 Å². The number of esters is 1. The lowest BCUT2D eigenvalue weighted by Crippen LogP contribution is -2.40. The number of hydrogen-bond acceptors (Lipinski definition) is 5. The molecule has 1 aromatic rings. The minimum absolute atomic E-state index is 0.0970. The van der Waals surface area contributed by atoms with E-state index < -0.39 is 23.7 Å². The summed E-state index contributed by atoms with van der Waals surface area (Å²) in [6.07, 6.45) is 8.29. The number of rotatable bonds is 12. The lowest BCUT2D eigenvalue weighted by molar-refractivity contribution is -0.141. The van der Waals surface area contributed by atoms with Crippen molar-refractivity contribution in [3.8, 4) is 0 Å². The predicted octanol–water partition coefficient (Wildman–Crippen LogP) is 4.12. The zero-order valence-corrected chi connectivity index (χ0v) is 17.1. The topological polar surface area (TPSA) is 84.9 Å². The van der Waals surface area contributed by atoms with Gasteiger partial charge in [0, 0.05) is 0 Å². The van der Waals surface area contributed by atoms with E-state index >= 15 is 0 Å². The number of benzene rings is 1. The maximum absolute atomic E-state index is 12.0. The normalized spacial score (nSPS) is 14.3. The highest BCUT2D eigenvalue weighted by atomic mass is 16.6. The van der Waals surface area contributed by atoms with E-state index in [0.717, 1.165) is 24.8 Å². The summed E-state index contributed by atoms with van der Waals surface area (Å²) in [5.74, 6) is -0.633. The number of alkyl carbamates (subject to hydrolysis) is 1. The maximum atomic E-state index is 12.0. The van der Waals surface area contributed by atoms with Gasteiger partial charge in [-0.25, -0.2) is 9.59 Å². The first-order chi connectivity index (χ1) is 13.4. The Labute approximate surface area is 167 Å². The minimum atomic E-state index is -1.06. The van der Waals surface area contributed by atoms with Crippen LogP contribution < -0.4 is 5.32 Å². The fraction of sp³-hybridized carbons (Fsp3) is 0.545. The van der Waals surface area contributed by atoms with Crippen LogP contribution in [-0.4, -0.2) is 35.9 Å². The quantitative estimate of drug-likeness (QED) is 0.318. The highest BCUT2D eigenvalue weighted by Gasteiger charge is 2.22. The van der Waals surface area contributed by atoms with Gasteiger partial charge in [0.25, 0.3) is 0 Å². The molecule has 2 unspecified atom stereocenters. The molecule has 28 heavy (non-hydrogen) atoms. The van der Waals surface area contributed by atoms with Crippen LogP contribution in [0.3, 0.4) is 0 Å². The first-order valence-electron chi connectivity index (χ1n) is 9.84. The summed E-state index contributed by atoms with van der Waals surface area (Å²) < 4.78 is 9.86. The van der Waals surface area contributed by atoms with E-state index in [9.17, 15) is 14.7 Å². The molecule has 1 rings (SSSR count). The zero-order valence-electron chi connectivity index (χ0n) is 17.1. The van der Waals surface area contributed by atoms with Crippen molar-refractivity contribution in [1.29, 1.82) is 0 Å². The molecule has 6 nitrogen and oxygen atoms in total. The van der Waals surface area contributed by atoms with Crippen LogP contribution in [0.25, 0.3) is 0 Å². The summed E-state index contributed by atoms with van der Waals surface area (Å²) in [7, 11) is 1.24. The average Bonchev–Trinajstić information content (AvgIpc) is 2.69. The number of methoxy groups -OCH3 is 1. The van der Waals surface area contributed by atoms with Crippen molar-refractivity contribution in [2.75, 3.05) is 7.11 Å². The number of amides is 1. The van der Waals surface area contributed by atoms with E-state index in [1.807, 2.05) is 30.3 Å². The van der Waals surface area contributed by atoms with Crippen LogP contribution in [0.2, 0.25) is 0 Å². The van der Waals surface area contributed by atoms with Crippen molar-refractivity contribution in [2.45, 2.75) is 70.6 Å². The van der Waals surface area contributed by atoms with Gasteiger partial charge in [0.1, 0.15) is 12.6 Å². The van der Waals surface area contributed by atoms with Crippen molar-refractivity contribution in [1.82, 2.24) is 5.32 Å². The summed E-state index contributed by atoms with van der Waals surface area (Å²) in [5.41, 5.74) is -0.220. The number of carbonyl (C=O) groups excluding carboxylic acids is 2. The first-order valence-corrected chi connectivity index (χ1v) is 9.84. The molecular weight excluding hydrogens is 358 g/mol. The number of unbranched alkanes of at least 4 members (excludes halogenated alkanes) is 4. The van der Waals surface area contributed by atoms with E-state index in [-0.39, 0.29) is 6.61 Å². The first kappa shape index (κ1) is 23.7. The van der Waals surface area contributed by atoms with Crippen LogP contribution in [0.1, 0.15) is 57.9 Å². The molecule has 0 aromatic heterocycles. The molecule has 1 amide bonds. The minimum Gasteiger partial charge on any atom is -0.467 e. The molecule has 0 saturated carbocycles. The molecule has 0 aliphatic rings. The second kappa shape index (κ2) is 12.9. The van der Waals surface area contributed by atoms with E-state index in [1.165, 1.54) is 32.1 Å². The number of carbonyl (C=O) groups is 2. The molecule has 0 radical (unpaired) electrons. The van der Waals surface area contributed by atoms with Crippen molar-refractivity contribution in [3.63, 3.8) is 0 Å². The molecule has 0 heterocycles. The average molecular weight is 392 g/mol. The third-order valence-corrected chi connectivity index (χ3v) is 4.38. The molecule has 0 bridgehead atoms. The fourth-order valence-electron chi connectivity index (χ4n) is 2.68. The van der Waals surface area contributed by atoms with Crippen molar-refractivity contribution >= 4 is 12.1 Å². The predicted molar refractivity (Wildman–Crippen MR) is 109 cm³/mol. The van der Waals surface area contributed by atoms with E-state index in [0.29, 0.717) is 6.42 Å². The Bertz CT molecular complexity index is 613. The highest BCUT2D eigenvalue weighted by Crippen LogP contribution is 2.17. The Morgan fingerprint density at radius 2 is 1.86 bits per heavy atom. The third-order valence-electron chi connectivity index (χ3n) is 4.38. The molecule has 0 spiro atoms. The second-order valence-corrected chi connectivity index (χ2v) is 7.09. The zero-order chi connectivity index (χ0) is 20.8. The summed E-state index contributed by atoms with van der Waals surface area (Å²) in [6.45, 7) is 3.94. The van der Waals surface area contributed by atoms with Gasteiger partial charge >= 0.3 is 12.1 Å². The lowest BCUT2D eigenvalue weighted by atomic mass is 9.96. The monoisotopic (exact) mass is 391 g/mol. The highest BCUT2D eigenvalue weighted by molar-refractivity contribution is 5.83. The summed E-state index contributed by atoms with van der Waals surface area (Å²) in [6, 6.07) is 8.21. The van der Waals surface area contributed by atoms with Crippen LogP contribution in [0, 0.1) is 0 Å². The van der Waals surface area contributed by atoms with Crippen LogP contribution >= 0.6 is 0 Å². The molecule has 0 fully saturated rings. The Hall–Kier alpha value is -2.34. The lowest BCUT2D eigenvalue weighted by Gasteiger charge is -2.20. The van der Waals surface area contributed by atoms with E-state index in [4.69, 9.17) is 9.47 Å². The van der Waals surface area contributed by atoms with Gasteiger partial charge in [-0.3, -0.25) is 0 Å². The van der Waals surface area contributed by atoms with Crippen LogP contribution in [0.15, 0.2) is 42.5 Å². The molecule has 0 aliphatic carbocycles. The maximum Gasteiger partial charge on any atom is 0.408 e. The Morgan fingerprint density at radius 3 is 2.50 bits per heavy atom. The molecule has 0 aliphatic heterocycles. The van der Waals surface area contributed by atoms with Crippen molar-refractivity contribution in [2.24, 2.45) is 0 Å². The third kappa shape index (κ3) is 10.1. The number of hydrogen-bond donors (Lipinski definition) is 2. The number of nitrogens with one attached hydrogen (secondary N) is 1. The van der Waals surface area contributed by atoms with Crippen molar-refractivity contribution < 1.29 is 24.2 Å². The molecular formula is C22H33NO5. The molecule has 2 N–H and O–H groups in total. The molecule has 2 atom stereocenters. The van der Waals surface area contributed by atoms with Gasteiger partial charge in [-0.15, -0.1) is 0 Å². The molecule has 156 valence electrons. The van der Waals surface area contributed by atoms with Gasteiger partial charge in [-0.1, -0.05) is 81.5 Å². The van der Waals surface area contributed by atoms with Crippen LogP contribution in [0.4, 0.5) is 4.79 Å². The van der Waals surface area contributed by atoms with Gasteiger partial charge in [-0.2, -0.15) is 0 Å². The Morgan fingerprint density at radius 1 is 1.18 bits per heavy atom. The van der Waals surface area contributed by atoms with Gasteiger partial charge in [0.05, 0.1) is 12.7 Å². The van der Waals surface area contributed by atoms with E-state index in [2.05, 4.69) is 12.2 Å². The SMILES string of the molecule is CCCCCCCC(C)(O)C=CC(NC(=O)OCc1ccccc1)C(=O)OC. The smallest absolute Gasteiger partial charge is 0.408 e.